The van der Waals surface area contributed by atoms with Gasteiger partial charge in [0, 0.05) is 45.0 Å². The van der Waals surface area contributed by atoms with Gasteiger partial charge in [-0.05, 0) is 30.7 Å². The molecule has 7 heteroatoms. The first-order valence-electron chi connectivity index (χ1n) is 8.74. The van der Waals surface area contributed by atoms with Crippen LogP contribution in [0, 0.1) is 12.7 Å². The van der Waals surface area contributed by atoms with Crippen molar-refractivity contribution in [1.82, 2.24) is 24.6 Å². The van der Waals surface area contributed by atoms with Gasteiger partial charge in [-0.3, -0.25) is 4.90 Å². The summed E-state index contributed by atoms with van der Waals surface area (Å²) >= 11 is 0. The third-order valence-electron chi connectivity index (χ3n) is 4.61. The number of rotatable bonds is 4. The van der Waals surface area contributed by atoms with Gasteiger partial charge in [0.25, 0.3) is 0 Å². The molecule has 0 spiro atoms. The SMILES string of the molecule is Cc1ccn(-c2cc(N3CCN(Cc4ccc(F)cc4)CC3)ncn2)n1. The number of nitrogens with zero attached hydrogens (tertiary/aromatic N) is 6. The van der Waals surface area contributed by atoms with Crippen LogP contribution >= 0.6 is 0 Å². The van der Waals surface area contributed by atoms with Crippen molar-refractivity contribution in [2.24, 2.45) is 0 Å². The summed E-state index contributed by atoms with van der Waals surface area (Å²) in [6.07, 6.45) is 3.49. The van der Waals surface area contributed by atoms with Gasteiger partial charge in [-0.1, -0.05) is 12.1 Å². The second-order valence-corrected chi connectivity index (χ2v) is 6.53. The molecule has 26 heavy (non-hydrogen) atoms. The number of anilines is 1. The molecule has 3 aromatic rings. The first-order valence-corrected chi connectivity index (χ1v) is 8.74. The number of halogens is 1. The van der Waals surface area contributed by atoms with Gasteiger partial charge >= 0.3 is 0 Å². The molecule has 0 unspecified atom stereocenters. The molecule has 6 nitrogen and oxygen atoms in total. The Balaban J connectivity index is 1.39. The van der Waals surface area contributed by atoms with E-state index < -0.39 is 0 Å². The first-order chi connectivity index (χ1) is 12.7. The molecule has 1 fully saturated rings. The number of hydrogen-bond acceptors (Lipinski definition) is 5. The summed E-state index contributed by atoms with van der Waals surface area (Å²) in [4.78, 5) is 13.4. The summed E-state index contributed by atoms with van der Waals surface area (Å²) in [5, 5.41) is 4.41. The summed E-state index contributed by atoms with van der Waals surface area (Å²) in [6.45, 7) is 6.48. The standard InChI is InChI=1S/C19H21FN6/c1-15-6-7-26(23-15)19-12-18(21-14-22-19)25-10-8-24(9-11-25)13-16-2-4-17(20)5-3-16/h2-7,12,14H,8-11,13H2,1H3. The van der Waals surface area contributed by atoms with Gasteiger partial charge < -0.3 is 4.90 Å². The topological polar surface area (TPSA) is 50.1 Å². The summed E-state index contributed by atoms with van der Waals surface area (Å²) in [7, 11) is 0. The number of aryl methyl sites for hydroxylation is 1. The number of aromatic nitrogens is 4. The predicted octanol–water partition coefficient (Wildman–Crippen LogP) is 2.43. The minimum Gasteiger partial charge on any atom is -0.354 e. The molecule has 1 aliphatic heterocycles. The van der Waals surface area contributed by atoms with Crippen molar-refractivity contribution in [2.75, 3.05) is 31.1 Å². The van der Waals surface area contributed by atoms with E-state index in [-0.39, 0.29) is 5.82 Å². The highest BCUT2D eigenvalue weighted by molar-refractivity contribution is 5.43. The Labute approximate surface area is 151 Å². The summed E-state index contributed by atoms with van der Waals surface area (Å²) < 4.78 is 14.8. The van der Waals surface area contributed by atoms with Crippen molar-refractivity contribution in [2.45, 2.75) is 13.5 Å². The van der Waals surface area contributed by atoms with Crippen molar-refractivity contribution >= 4 is 5.82 Å². The lowest BCUT2D eigenvalue weighted by Crippen LogP contribution is -2.46. The van der Waals surface area contributed by atoms with Crippen LogP contribution < -0.4 is 4.90 Å². The Morgan fingerprint density at radius 2 is 1.69 bits per heavy atom. The maximum absolute atomic E-state index is 13.0. The molecule has 0 N–H and O–H groups in total. The van der Waals surface area contributed by atoms with Gasteiger partial charge in [0.1, 0.15) is 18.0 Å². The zero-order valence-electron chi connectivity index (χ0n) is 14.7. The fraction of sp³-hybridized carbons (Fsp3) is 0.316. The maximum atomic E-state index is 13.0. The molecule has 1 aromatic carbocycles. The van der Waals surface area contributed by atoms with Gasteiger partial charge in [-0.15, -0.1) is 0 Å². The van der Waals surface area contributed by atoms with Crippen LogP contribution in [0.25, 0.3) is 5.82 Å². The molecular weight excluding hydrogens is 331 g/mol. The molecule has 1 saturated heterocycles. The average molecular weight is 352 g/mol. The van der Waals surface area contributed by atoms with E-state index in [0.717, 1.165) is 55.6 Å². The maximum Gasteiger partial charge on any atom is 0.158 e. The molecule has 0 atom stereocenters. The molecule has 0 bridgehead atoms. The highest BCUT2D eigenvalue weighted by atomic mass is 19.1. The predicted molar refractivity (Wildman–Crippen MR) is 97.8 cm³/mol. The Morgan fingerprint density at radius 3 is 2.38 bits per heavy atom. The van der Waals surface area contributed by atoms with Crippen LogP contribution in [0.1, 0.15) is 11.3 Å². The van der Waals surface area contributed by atoms with Crippen molar-refractivity contribution in [1.29, 1.82) is 0 Å². The van der Waals surface area contributed by atoms with E-state index in [4.69, 9.17) is 0 Å². The molecule has 3 heterocycles. The van der Waals surface area contributed by atoms with Crippen molar-refractivity contribution < 1.29 is 4.39 Å². The molecule has 0 aliphatic carbocycles. The van der Waals surface area contributed by atoms with Gasteiger partial charge in [-0.25, -0.2) is 19.0 Å². The quantitative estimate of drug-likeness (QED) is 0.722. The lowest BCUT2D eigenvalue weighted by molar-refractivity contribution is 0.249. The van der Waals surface area contributed by atoms with E-state index in [1.165, 1.54) is 12.1 Å². The highest BCUT2D eigenvalue weighted by Crippen LogP contribution is 2.17. The Hall–Kier alpha value is -2.80. The molecular formula is C19H21FN6. The van der Waals surface area contributed by atoms with Crippen molar-refractivity contribution in [3.63, 3.8) is 0 Å². The number of hydrogen-bond donors (Lipinski definition) is 0. The zero-order valence-corrected chi connectivity index (χ0v) is 14.7. The van der Waals surface area contributed by atoms with E-state index in [0.29, 0.717) is 0 Å². The first kappa shape index (κ1) is 16.7. The number of piperazine rings is 1. The molecule has 0 saturated carbocycles. The van der Waals surface area contributed by atoms with E-state index in [1.807, 2.05) is 37.4 Å². The van der Waals surface area contributed by atoms with Crippen LogP contribution in [0.5, 0.6) is 0 Å². The molecule has 134 valence electrons. The third kappa shape index (κ3) is 3.72. The highest BCUT2D eigenvalue weighted by Gasteiger charge is 2.19. The monoisotopic (exact) mass is 352 g/mol. The molecule has 2 aromatic heterocycles. The lowest BCUT2D eigenvalue weighted by atomic mass is 10.2. The summed E-state index contributed by atoms with van der Waals surface area (Å²) in [6, 6.07) is 10.7. The second-order valence-electron chi connectivity index (χ2n) is 6.53. The fourth-order valence-electron chi connectivity index (χ4n) is 3.16. The van der Waals surface area contributed by atoms with Gasteiger partial charge in [0.2, 0.25) is 0 Å². The van der Waals surface area contributed by atoms with Crippen LogP contribution in [0.4, 0.5) is 10.2 Å². The minimum atomic E-state index is -0.189. The lowest BCUT2D eigenvalue weighted by Gasteiger charge is -2.35. The number of benzene rings is 1. The Bertz CT molecular complexity index is 868. The average Bonchev–Trinajstić information content (AvgIpc) is 3.11. The smallest absolute Gasteiger partial charge is 0.158 e. The molecule has 4 rings (SSSR count). The van der Waals surface area contributed by atoms with E-state index >= 15 is 0 Å². The summed E-state index contributed by atoms with van der Waals surface area (Å²) in [5.41, 5.74) is 2.10. The van der Waals surface area contributed by atoms with Crippen LogP contribution in [0.15, 0.2) is 48.9 Å². The minimum absolute atomic E-state index is 0.189. The van der Waals surface area contributed by atoms with Gasteiger partial charge in [0.15, 0.2) is 5.82 Å². The van der Waals surface area contributed by atoms with Crippen LogP contribution in [0.2, 0.25) is 0 Å². The van der Waals surface area contributed by atoms with E-state index in [1.54, 1.807) is 11.0 Å². The van der Waals surface area contributed by atoms with Crippen LogP contribution in [0.3, 0.4) is 0 Å². The molecule has 0 amide bonds. The third-order valence-corrected chi connectivity index (χ3v) is 4.61. The van der Waals surface area contributed by atoms with Crippen LogP contribution in [-0.2, 0) is 6.54 Å². The summed E-state index contributed by atoms with van der Waals surface area (Å²) in [5.74, 6) is 1.51. The normalized spacial score (nSPS) is 15.4. The van der Waals surface area contributed by atoms with Gasteiger partial charge in [-0.2, -0.15) is 5.10 Å². The Morgan fingerprint density at radius 1 is 0.962 bits per heavy atom. The fourth-order valence-corrected chi connectivity index (χ4v) is 3.16. The zero-order chi connectivity index (χ0) is 17.9. The van der Waals surface area contributed by atoms with Crippen molar-refractivity contribution in [3.8, 4) is 5.82 Å². The second kappa shape index (κ2) is 7.21. The van der Waals surface area contributed by atoms with Crippen molar-refractivity contribution in [3.05, 3.63) is 66.0 Å². The largest absolute Gasteiger partial charge is 0.354 e. The van der Waals surface area contributed by atoms with E-state index in [9.17, 15) is 4.39 Å². The Kier molecular flexibility index (Phi) is 4.62. The van der Waals surface area contributed by atoms with Gasteiger partial charge in [0.05, 0.1) is 5.69 Å². The van der Waals surface area contributed by atoms with E-state index in [2.05, 4.69) is 24.9 Å². The molecule has 1 aliphatic rings. The van der Waals surface area contributed by atoms with Crippen LogP contribution in [-0.4, -0.2) is 50.8 Å². The molecule has 0 radical (unpaired) electrons.